The molecule has 0 aliphatic rings. The van der Waals surface area contributed by atoms with Crippen molar-refractivity contribution in [3.63, 3.8) is 0 Å². The molecular weight excluding hydrogens is 275 g/mol. The second kappa shape index (κ2) is 4.94. The number of phenolic OH excluding ortho intramolecular Hbond substituents is 1. The van der Waals surface area contributed by atoms with Crippen LogP contribution in [0.2, 0.25) is 0 Å². The quantitative estimate of drug-likeness (QED) is 0.785. The van der Waals surface area contributed by atoms with Crippen molar-refractivity contribution in [1.29, 1.82) is 0 Å². The number of methoxy groups -OCH3 is 1. The SMILES string of the molecule is COc1cc(O)c2occ(-c3ccc(F)cc3)c(=O)c2c1. The van der Waals surface area contributed by atoms with Crippen LogP contribution in [0.25, 0.3) is 22.1 Å². The third-order valence-electron chi connectivity index (χ3n) is 3.22. The van der Waals surface area contributed by atoms with Crippen LogP contribution in [-0.4, -0.2) is 12.2 Å². The van der Waals surface area contributed by atoms with E-state index in [2.05, 4.69) is 0 Å². The molecule has 3 aromatic rings. The molecule has 1 heterocycles. The molecule has 0 amide bonds. The monoisotopic (exact) mass is 286 g/mol. The Balaban J connectivity index is 2.29. The van der Waals surface area contributed by atoms with E-state index in [4.69, 9.17) is 9.15 Å². The van der Waals surface area contributed by atoms with E-state index in [1.165, 1.54) is 49.8 Å². The van der Waals surface area contributed by atoms with Gasteiger partial charge < -0.3 is 14.3 Å². The highest BCUT2D eigenvalue weighted by molar-refractivity contribution is 5.87. The Hall–Kier alpha value is -2.82. The van der Waals surface area contributed by atoms with Gasteiger partial charge in [-0.3, -0.25) is 4.79 Å². The largest absolute Gasteiger partial charge is 0.504 e. The first-order valence-corrected chi connectivity index (χ1v) is 6.18. The fourth-order valence-electron chi connectivity index (χ4n) is 2.14. The van der Waals surface area contributed by atoms with E-state index in [1.807, 2.05) is 0 Å². The number of fused-ring (bicyclic) bond motifs is 1. The third kappa shape index (κ3) is 2.23. The minimum absolute atomic E-state index is 0.0895. The summed E-state index contributed by atoms with van der Waals surface area (Å²) in [6.07, 6.45) is 1.25. The van der Waals surface area contributed by atoms with Crippen LogP contribution < -0.4 is 10.2 Å². The molecule has 0 saturated heterocycles. The van der Waals surface area contributed by atoms with Crippen LogP contribution in [0, 0.1) is 5.82 Å². The average molecular weight is 286 g/mol. The van der Waals surface area contributed by atoms with Crippen molar-refractivity contribution in [2.45, 2.75) is 0 Å². The van der Waals surface area contributed by atoms with Crippen molar-refractivity contribution in [2.24, 2.45) is 0 Å². The summed E-state index contributed by atoms with van der Waals surface area (Å²) < 4.78 is 23.3. The van der Waals surface area contributed by atoms with Gasteiger partial charge in [0.05, 0.1) is 18.1 Å². The predicted octanol–water partition coefficient (Wildman–Crippen LogP) is 3.31. The van der Waals surface area contributed by atoms with E-state index < -0.39 is 0 Å². The summed E-state index contributed by atoms with van der Waals surface area (Å²) in [6, 6.07) is 8.38. The van der Waals surface area contributed by atoms with Crippen molar-refractivity contribution < 1.29 is 18.7 Å². The topological polar surface area (TPSA) is 59.7 Å². The molecule has 2 aromatic carbocycles. The number of ether oxygens (including phenoxy) is 1. The van der Waals surface area contributed by atoms with Gasteiger partial charge in [-0.25, -0.2) is 4.39 Å². The zero-order valence-electron chi connectivity index (χ0n) is 11.1. The smallest absolute Gasteiger partial charge is 0.200 e. The molecular formula is C16H11FO4. The van der Waals surface area contributed by atoms with E-state index >= 15 is 0 Å². The molecule has 0 aliphatic heterocycles. The summed E-state index contributed by atoms with van der Waals surface area (Å²) in [4.78, 5) is 12.5. The number of aromatic hydroxyl groups is 1. The van der Waals surface area contributed by atoms with Gasteiger partial charge in [0.2, 0.25) is 5.43 Å². The van der Waals surface area contributed by atoms with E-state index in [0.29, 0.717) is 11.3 Å². The Kier molecular flexibility index (Phi) is 3.10. The molecule has 0 aliphatic carbocycles. The van der Waals surface area contributed by atoms with E-state index in [-0.39, 0.29) is 33.5 Å². The fraction of sp³-hybridized carbons (Fsp3) is 0.0625. The lowest BCUT2D eigenvalue weighted by atomic mass is 10.1. The Morgan fingerprint density at radius 2 is 1.90 bits per heavy atom. The summed E-state index contributed by atoms with van der Waals surface area (Å²) in [6.45, 7) is 0. The van der Waals surface area contributed by atoms with Gasteiger partial charge in [-0.2, -0.15) is 0 Å². The lowest BCUT2D eigenvalue weighted by molar-refractivity contribution is 0.407. The third-order valence-corrected chi connectivity index (χ3v) is 3.22. The van der Waals surface area contributed by atoms with Gasteiger partial charge in [0.15, 0.2) is 11.3 Å². The van der Waals surface area contributed by atoms with Gasteiger partial charge in [-0.05, 0) is 23.8 Å². The Morgan fingerprint density at radius 3 is 2.57 bits per heavy atom. The molecule has 0 bridgehead atoms. The Morgan fingerprint density at radius 1 is 1.19 bits per heavy atom. The normalized spacial score (nSPS) is 10.8. The molecule has 0 unspecified atom stereocenters. The number of phenols is 1. The highest BCUT2D eigenvalue weighted by Crippen LogP contribution is 2.30. The van der Waals surface area contributed by atoms with Gasteiger partial charge in [0.25, 0.3) is 0 Å². The maximum atomic E-state index is 13.0. The van der Waals surface area contributed by atoms with Crippen LogP contribution in [0.5, 0.6) is 11.5 Å². The second-order valence-corrected chi connectivity index (χ2v) is 4.51. The lowest BCUT2D eigenvalue weighted by Gasteiger charge is -2.06. The number of hydrogen-bond acceptors (Lipinski definition) is 4. The number of benzene rings is 2. The molecule has 1 N–H and O–H groups in total. The van der Waals surface area contributed by atoms with Gasteiger partial charge in [-0.1, -0.05) is 12.1 Å². The van der Waals surface area contributed by atoms with Crippen LogP contribution in [0.15, 0.2) is 51.9 Å². The standard InChI is InChI=1S/C16H11FO4/c1-20-11-6-12-15(19)13(8-21-16(12)14(18)7-11)9-2-4-10(17)5-3-9/h2-8,18H,1H3. The second-order valence-electron chi connectivity index (χ2n) is 4.51. The number of halogens is 1. The molecule has 0 fully saturated rings. The maximum absolute atomic E-state index is 13.0. The Bertz CT molecular complexity index is 866. The Labute approximate surface area is 119 Å². The molecule has 0 atom stereocenters. The van der Waals surface area contributed by atoms with Gasteiger partial charge >= 0.3 is 0 Å². The first-order valence-electron chi connectivity index (χ1n) is 6.18. The molecule has 0 saturated carbocycles. The lowest BCUT2D eigenvalue weighted by Crippen LogP contribution is -2.05. The van der Waals surface area contributed by atoms with Crippen LogP contribution in [0.1, 0.15) is 0 Å². The van der Waals surface area contributed by atoms with E-state index in [0.717, 1.165) is 0 Å². The maximum Gasteiger partial charge on any atom is 0.200 e. The molecule has 4 nitrogen and oxygen atoms in total. The first kappa shape index (κ1) is 13.2. The summed E-state index contributed by atoms with van der Waals surface area (Å²) in [5.74, 6) is -0.209. The molecule has 21 heavy (non-hydrogen) atoms. The number of rotatable bonds is 2. The van der Waals surface area contributed by atoms with E-state index in [9.17, 15) is 14.3 Å². The van der Waals surface area contributed by atoms with Crippen LogP contribution >= 0.6 is 0 Å². The van der Waals surface area contributed by atoms with Gasteiger partial charge in [0.1, 0.15) is 17.8 Å². The fourth-order valence-corrected chi connectivity index (χ4v) is 2.14. The van der Waals surface area contributed by atoms with Crippen LogP contribution in [-0.2, 0) is 0 Å². The van der Waals surface area contributed by atoms with E-state index in [1.54, 1.807) is 0 Å². The molecule has 0 spiro atoms. The van der Waals surface area contributed by atoms with Crippen LogP contribution in [0.4, 0.5) is 4.39 Å². The molecule has 106 valence electrons. The van der Waals surface area contributed by atoms with Gasteiger partial charge in [-0.15, -0.1) is 0 Å². The van der Waals surface area contributed by atoms with Crippen molar-refractivity contribution in [3.05, 3.63) is 58.7 Å². The molecule has 3 rings (SSSR count). The molecule has 0 radical (unpaired) electrons. The zero-order chi connectivity index (χ0) is 15.0. The van der Waals surface area contributed by atoms with Crippen molar-refractivity contribution in [3.8, 4) is 22.6 Å². The minimum Gasteiger partial charge on any atom is -0.504 e. The van der Waals surface area contributed by atoms with Crippen molar-refractivity contribution in [1.82, 2.24) is 0 Å². The van der Waals surface area contributed by atoms with Crippen LogP contribution in [0.3, 0.4) is 0 Å². The molecule has 1 aromatic heterocycles. The first-order chi connectivity index (χ1) is 10.1. The minimum atomic E-state index is -0.386. The summed E-state index contributed by atoms with van der Waals surface area (Å²) in [7, 11) is 1.44. The number of hydrogen-bond donors (Lipinski definition) is 1. The summed E-state index contributed by atoms with van der Waals surface area (Å²) in [5, 5.41) is 10.0. The highest BCUT2D eigenvalue weighted by atomic mass is 19.1. The highest BCUT2D eigenvalue weighted by Gasteiger charge is 2.13. The summed E-state index contributed by atoms with van der Waals surface area (Å²) in [5.41, 5.74) is 0.591. The van der Waals surface area contributed by atoms with Gasteiger partial charge in [0, 0.05) is 6.07 Å². The average Bonchev–Trinajstić information content (AvgIpc) is 2.49. The zero-order valence-corrected chi connectivity index (χ0v) is 11.1. The van der Waals surface area contributed by atoms with Crippen molar-refractivity contribution >= 4 is 11.0 Å². The van der Waals surface area contributed by atoms with Crippen molar-refractivity contribution in [2.75, 3.05) is 7.11 Å². The predicted molar refractivity (Wildman–Crippen MR) is 76.1 cm³/mol. The molecule has 5 heteroatoms. The summed E-state index contributed by atoms with van der Waals surface area (Å²) >= 11 is 0.